The van der Waals surface area contributed by atoms with Gasteiger partial charge in [0.15, 0.2) is 17.5 Å². The number of halogens is 1. The van der Waals surface area contributed by atoms with Gasteiger partial charge in [0, 0.05) is 26.6 Å². The molecule has 1 aliphatic carbocycles. The Labute approximate surface area is 148 Å². The van der Waals surface area contributed by atoms with E-state index in [-0.39, 0.29) is 24.0 Å². The lowest BCUT2D eigenvalue weighted by atomic mass is 10.2. The van der Waals surface area contributed by atoms with Crippen LogP contribution in [0.1, 0.15) is 24.8 Å². The number of nitrogens with zero attached hydrogens (tertiary/aromatic N) is 1. The zero-order chi connectivity index (χ0) is 14.5. The summed E-state index contributed by atoms with van der Waals surface area (Å²) >= 11 is 0. The van der Waals surface area contributed by atoms with E-state index in [0.29, 0.717) is 6.61 Å². The van der Waals surface area contributed by atoms with Crippen molar-refractivity contribution in [1.29, 1.82) is 0 Å². The van der Waals surface area contributed by atoms with Gasteiger partial charge in [-0.15, -0.1) is 24.0 Å². The number of hydrogen-bond donors (Lipinski definition) is 2. The van der Waals surface area contributed by atoms with Crippen LogP contribution in [0.2, 0.25) is 0 Å². The zero-order valence-electron chi connectivity index (χ0n) is 12.9. The maximum Gasteiger partial charge on any atom is 0.191 e. The Morgan fingerprint density at radius 1 is 1.18 bits per heavy atom. The third kappa shape index (κ3) is 4.93. The Bertz CT molecular complexity index is 518. The second kappa shape index (κ2) is 8.45. The normalized spacial score (nSPS) is 17.2. The molecule has 0 atom stereocenters. The molecule has 0 spiro atoms. The standard InChI is InChI=1S/C16H23N3O2.HI/c1-17-16(18-10-12-3-4-12)19-11-13-5-6-14-15(9-13)21-8-2-7-20-14;/h5-6,9,12H,2-4,7-8,10-11H2,1H3,(H2,17,18,19);1H. The third-order valence-corrected chi connectivity index (χ3v) is 3.75. The molecule has 0 unspecified atom stereocenters. The maximum atomic E-state index is 5.71. The van der Waals surface area contributed by atoms with Crippen molar-refractivity contribution in [2.24, 2.45) is 10.9 Å². The van der Waals surface area contributed by atoms with Crippen LogP contribution in [0.25, 0.3) is 0 Å². The highest BCUT2D eigenvalue weighted by Crippen LogP contribution is 2.30. The number of rotatable bonds is 4. The number of hydrogen-bond acceptors (Lipinski definition) is 3. The van der Waals surface area contributed by atoms with Gasteiger partial charge in [0.05, 0.1) is 13.2 Å². The Morgan fingerprint density at radius 3 is 2.68 bits per heavy atom. The molecule has 3 rings (SSSR count). The predicted octanol–water partition coefficient (Wildman–Crippen LogP) is 2.54. The van der Waals surface area contributed by atoms with Gasteiger partial charge in [-0.25, -0.2) is 0 Å². The monoisotopic (exact) mass is 417 g/mol. The van der Waals surface area contributed by atoms with E-state index < -0.39 is 0 Å². The number of benzene rings is 1. The van der Waals surface area contributed by atoms with Crippen molar-refractivity contribution in [3.8, 4) is 11.5 Å². The Morgan fingerprint density at radius 2 is 1.95 bits per heavy atom. The fraction of sp³-hybridized carbons (Fsp3) is 0.562. The summed E-state index contributed by atoms with van der Waals surface area (Å²) in [6.07, 6.45) is 3.61. The van der Waals surface area contributed by atoms with Crippen LogP contribution >= 0.6 is 24.0 Å². The SMILES string of the molecule is CN=C(NCc1ccc2c(c1)OCCCO2)NCC1CC1.I. The van der Waals surface area contributed by atoms with Crippen molar-refractivity contribution in [1.82, 2.24) is 10.6 Å². The summed E-state index contributed by atoms with van der Waals surface area (Å²) in [5.74, 6) is 3.37. The molecule has 6 heteroatoms. The van der Waals surface area contributed by atoms with E-state index in [2.05, 4.69) is 21.7 Å². The first-order valence-electron chi connectivity index (χ1n) is 7.68. The highest BCUT2D eigenvalue weighted by atomic mass is 127. The second-order valence-corrected chi connectivity index (χ2v) is 5.58. The molecular formula is C16H24IN3O2. The van der Waals surface area contributed by atoms with Crippen LogP contribution < -0.4 is 20.1 Å². The highest BCUT2D eigenvalue weighted by Gasteiger charge is 2.21. The minimum Gasteiger partial charge on any atom is -0.490 e. The van der Waals surface area contributed by atoms with Crippen LogP contribution in [0.15, 0.2) is 23.2 Å². The first kappa shape index (κ1) is 17.2. The molecule has 1 fully saturated rings. The average Bonchev–Trinajstić information content (AvgIpc) is 3.33. The quantitative estimate of drug-likeness (QED) is 0.449. The van der Waals surface area contributed by atoms with Crippen molar-refractivity contribution in [2.45, 2.75) is 25.8 Å². The van der Waals surface area contributed by atoms with E-state index in [4.69, 9.17) is 9.47 Å². The fourth-order valence-corrected chi connectivity index (χ4v) is 2.29. The lowest BCUT2D eigenvalue weighted by Gasteiger charge is -2.13. The lowest BCUT2D eigenvalue weighted by molar-refractivity contribution is 0.297. The highest BCUT2D eigenvalue weighted by molar-refractivity contribution is 14.0. The Balaban J connectivity index is 0.00000176. The minimum absolute atomic E-state index is 0. The van der Waals surface area contributed by atoms with Gasteiger partial charge < -0.3 is 20.1 Å². The summed E-state index contributed by atoms with van der Waals surface area (Å²) in [4.78, 5) is 4.24. The summed E-state index contributed by atoms with van der Waals surface area (Å²) < 4.78 is 11.4. The molecule has 0 radical (unpaired) electrons. The molecule has 1 saturated carbocycles. The Kier molecular flexibility index (Phi) is 6.60. The topological polar surface area (TPSA) is 54.9 Å². The number of nitrogens with one attached hydrogen (secondary N) is 2. The lowest BCUT2D eigenvalue weighted by Crippen LogP contribution is -2.37. The number of guanidine groups is 1. The maximum absolute atomic E-state index is 5.71. The van der Waals surface area contributed by atoms with E-state index in [1.165, 1.54) is 12.8 Å². The van der Waals surface area contributed by atoms with Gasteiger partial charge >= 0.3 is 0 Å². The molecule has 1 aromatic carbocycles. The molecule has 0 amide bonds. The summed E-state index contributed by atoms with van der Waals surface area (Å²) in [5.41, 5.74) is 1.16. The number of fused-ring (bicyclic) bond motifs is 1. The number of ether oxygens (including phenoxy) is 2. The van der Waals surface area contributed by atoms with E-state index in [1.54, 1.807) is 7.05 Å². The molecule has 0 aromatic heterocycles. The average molecular weight is 417 g/mol. The third-order valence-electron chi connectivity index (χ3n) is 3.75. The van der Waals surface area contributed by atoms with Gasteiger partial charge in [0.1, 0.15) is 0 Å². The van der Waals surface area contributed by atoms with Crippen molar-refractivity contribution < 1.29 is 9.47 Å². The van der Waals surface area contributed by atoms with E-state index in [1.807, 2.05) is 12.1 Å². The van der Waals surface area contributed by atoms with Gasteiger partial charge in [-0.2, -0.15) is 0 Å². The van der Waals surface area contributed by atoms with Crippen molar-refractivity contribution >= 4 is 29.9 Å². The van der Waals surface area contributed by atoms with Gasteiger partial charge in [-0.3, -0.25) is 4.99 Å². The molecule has 0 bridgehead atoms. The molecular weight excluding hydrogens is 393 g/mol. The fourth-order valence-electron chi connectivity index (χ4n) is 2.29. The van der Waals surface area contributed by atoms with Crippen molar-refractivity contribution in [3.05, 3.63) is 23.8 Å². The minimum atomic E-state index is 0. The van der Waals surface area contributed by atoms with Crippen LogP contribution in [-0.2, 0) is 6.54 Å². The van der Waals surface area contributed by atoms with E-state index in [0.717, 1.165) is 55.1 Å². The van der Waals surface area contributed by atoms with Gasteiger partial charge in [0.25, 0.3) is 0 Å². The molecule has 1 aliphatic heterocycles. The van der Waals surface area contributed by atoms with E-state index >= 15 is 0 Å². The van der Waals surface area contributed by atoms with Crippen LogP contribution in [0, 0.1) is 5.92 Å². The van der Waals surface area contributed by atoms with Crippen LogP contribution in [0.4, 0.5) is 0 Å². The second-order valence-electron chi connectivity index (χ2n) is 5.58. The predicted molar refractivity (Wildman–Crippen MR) is 98.4 cm³/mol. The molecule has 122 valence electrons. The van der Waals surface area contributed by atoms with Crippen LogP contribution in [-0.4, -0.2) is 32.8 Å². The smallest absolute Gasteiger partial charge is 0.191 e. The molecule has 1 aromatic rings. The molecule has 5 nitrogen and oxygen atoms in total. The number of aliphatic imine (C=N–C) groups is 1. The van der Waals surface area contributed by atoms with Gasteiger partial charge in [0.2, 0.25) is 0 Å². The molecule has 0 saturated heterocycles. The summed E-state index contributed by atoms with van der Waals surface area (Å²) in [5, 5.41) is 6.69. The van der Waals surface area contributed by atoms with E-state index in [9.17, 15) is 0 Å². The first-order chi connectivity index (χ1) is 10.3. The largest absolute Gasteiger partial charge is 0.490 e. The zero-order valence-corrected chi connectivity index (χ0v) is 15.3. The molecule has 22 heavy (non-hydrogen) atoms. The van der Waals surface area contributed by atoms with Gasteiger partial charge in [-0.05, 0) is 36.5 Å². The van der Waals surface area contributed by atoms with Crippen LogP contribution in [0.5, 0.6) is 11.5 Å². The summed E-state index contributed by atoms with van der Waals surface area (Å²) in [7, 11) is 1.80. The molecule has 1 heterocycles. The molecule has 2 N–H and O–H groups in total. The first-order valence-corrected chi connectivity index (χ1v) is 7.68. The summed E-state index contributed by atoms with van der Waals surface area (Å²) in [6.45, 7) is 3.18. The Hall–Kier alpha value is -1.18. The summed E-state index contributed by atoms with van der Waals surface area (Å²) in [6, 6.07) is 6.09. The van der Waals surface area contributed by atoms with Crippen molar-refractivity contribution in [3.63, 3.8) is 0 Å². The van der Waals surface area contributed by atoms with Crippen LogP contribution in [0.3, 0.4) is 0 Å². The molecule has 2 aliphatic rings. The van der Waals surface area contributed by atoms with Crippen molar-refractivity contribution in [2.75, 3.05) is 26.8 Å². The van der Waals surface area contributed by atoms with Gasteiger partial charge in [-0.1, -0.05) is 6.07 Å².